The van der Waals surface area contributed by atoms with E-state index in [-0.39, 0.29) is 0 Å². The monoisotopic (exact) mass is 370 g/mol. The minimum absolute atomic E-state index is 0.332. The van der Waals surface area contributed by atoms with Crippen LogP contribution in [0, 0.1) is 0 Å². The Bertz CT molecular complexity index is 261. The zero-order valence-electron chi connectivity index (χ0n) is 18.5. The Balaban J connectivity index is 3.22. The van der Waals surface area contributed by atoms with E-state index in [0.29, 0.717) is 6.61 Å². The molecule has 1 N–H and O–H groups in total. The maximum atomic E-state index is 8.81. The Morgan fingerprint density at radius 3 is 1.12 bits per heavy atom. The molecule has 0 aromatic heterocycles. The zero-order chi connectivity index (χ0) is 19.3. The summed E-state index contributed by atoms with van der Waals surface area (Å²) in [5, 5.41) is 13.5. The highest BCUT2D eigenvalue weighted by Crippen LogP contribution is 2.13. The smallest absolute Gasteiger partial charge is 0.0431 e. The minimum atomic E-state index is 0.332. The molecular formula is C23H50N2O. The fraction of sp³-hybridized carbons (Fsp3) is 1.00. The Labute approximate surface area is 165 Å². The highest BCUT2D eigenvalue weighted by molar-refractivity contribution is 4.53. The van der Waals surface area contributed by atoms with Crippen molar-refractivity contribution in [3.8, 4) is 0 Å². The molecule has 3 heteroatoms. The van der Waals surface area contributed by atoms with Crippen molar-refractivity contribution >= 4 is 0 Å². The lowest BCUT2D eigenvalue weighted by atomic mass is 10.0. The van der Waals surface area contributed by atoms with E-state index in [0.717, 1.165) is 19.4 Å². The first-order valence-electron chi connectivity index (χ1n) is 11.8. The quantitative estimate of drug-likeness (QED) is 0.187. The van der Waals surface area contributed by atoms with Crippen molar-refractivity contribution in [2.75, 3.05) is 33.8 Å². The molecule has 0 bridgehead atoms. The molecule has 0 spiro atoms. The maximum Gasteiger partial charge on any atom is 0.0431 e. The molecule has 0 aromatic rings. The summed E-state index contributed by atoms with van der Waals surface area (Å²) in [5.74, 6) is 0. The van der Waals surface area contributed by atoms with Crippen LogP contribution >= 0.6 is 0 Å². The minimum Gasteiger partial charge on any atom is -0.396 e. The van der Waals surface area contributed by atoms with E-state index >= 15 is 0 Å². The largest absolute Gasteiger partial charge is 0.396 e. The van der Waals surface area contributed by atoms with E-state index in [9.17, 15) is 0 Å². The zero-order valence-corrected chi connectivity index (χ0v) is 18.5. The number of rotatable bonds is 21. The number of aliphatic hydroxyl groups is 1. The van der Waals surface area contributed by atoms with E-state index in [4.69, 9.17) is 5.11 Å². The summed E-state index contributed by atoms with van der Waals surface area (Å²) in [4.78, 5) is 0. The first-order chi connectivity index (χ1) is 12.7. The first kappa shape index (κ1) is 25.9. The number of hydrogen-bond acceptors (Lipinski definition) is 3. The van der Waals surface area contributed by atoms with E-state index in [1.54, 1.807) is 0 Å². The van der Waals surface area contributed by atoms with Gasteiger partial charge in [0, 0.05) is 33.8 Å². The molecule has 0 saturated heterocycles. The molecule has 0 rings (SSSR count). The van der Waals surface area contributed by atoms with Gasteiger partial charge in [-0.25, -0.2) is 10.0 Å². The van der Waals surface area contributed by atoms with E-state index < -0.39 is 0 Å². The van der Waals surface area contributed by atoms with Crippen LogP contribution in [-0.2, 0) is 0 Å². The lowest BCUT2D eigenvalue weighted by Gasteiger charge is -2.28. The molecule has 0 aliphatic carbocycles. The van der Waals surface area contributed by atoms with Crippen molar-refractivity contribution in [3.63, 3.8) is 0 Å². The lowest BCUT2D eigenvalue weighted by molar-refractivity contribution is 0.0238. The fourth-order valence-corrected chi connectivity index (χ4v) is 3.51. The normalized spacial score (nSPS) is 11.8. The first-order valence-corrected chi connectivity index (χ1v) is 11.8. The predicted molar refractivity (Wildman–Crippen MR) is 117 cm³/mol. The van der Waals surface area contributed by atoms with Gasteiger partial charge in [0.05, 0.1) is 0 Å². The van der Waals surface area contributed by atoms with Crippen molar-refractivity contribution in [1.29, 1.82) is 0 Å². The fourth-order valence-electron chi connectivity index (χ4n) is 3.51. The molecule has 0 aliphatic heterocycles. The number of hydrazine groups is 1. The topological polar surface area (TPSA) is 26.7 Å². The summed E-state index contributed by atoms with van der Waals surface area (Å²) < 4.78 is 0. The summed E-state index contributed by atoms with van der Waals surface area (Å²) in [5.41, 5.74) is 0. The van der Waals surface area contributed by atoms with Crippen molar-refractivity contribution in [1.82, 2.24) is 10.0 Å². The molecule has 0 radical (unpaired) electrons. The van der Waals surface area contributed by atoms with Crippen LogP contribution < -0.4 is 0 Å². The number of unbranched alkanes of at least 4 members (excludes halogenated alkanes) is 15. The van der Waals surface area contributed by atoms with Crippen LogP contribution in [0.1, 0.15) is 116 Å². The Hall–Kier alpha value is -0.120. The molecule has 0 aromatic carbocycles. The van der Waals surface area contributed by atoms with Gasteiger partial charge in [0.2, 0.25) is 0 Å². The summed E-state index contributed by atoms with van der Waals surface area (Å²) in [7, 11) is 4.39. The molecule has 0 unspecified atom stereocenters. The van der Waals surface area contributed by atoms with Crippen molar-refractivity contribution in [2.45, 2.75) is 116 Å². The molecule has 158 valence electrons. The second-order valence-electron chi connectivity index (χ2n) is 8.14. The van der Waals surface area contributed by atoms with Crippen LogP contribution in [0.5, 0.6) is 0 Å². The van der Waals surface area contributed by atoms with Gasteiger partial charge in [0.15, 0.2) is 0 Å². The van der Waals surface area contributed by atoms with Gasteiger partial charge in [0.25, 0.3) is 0 Å². The molecule has 0 saturated carbocycles. The summed E-state index contributed by atoms with van der Waals surface area (Å²) >= 11 is 0. The Morgan fingerprint density at radius 2 is 0.769 bits per heavy atom. The summed E-state index contributed by atoms with van der Waals surface area (Å²) in [6, 6.07) is 0. The molecule has 0 amide bonds. The van der Waals surface area contributed by atoms with Gasteiger partial charge >= 0.3 is 0 Å². The third-order valence-electron chi connectivity index (χ3n) is 5.56. The van der Waals surface area contributed by atoms with Gasteiger partial charge in [-0.15, -0.1) is 0 Å². The predicted octanol–water partition coefficient (Wildman–Crippen LogP) is 6.41. The molecule has 0 aliphatic rings. The van der Waals surface area contributed by atoms with Crippen molar-refractivity contribution in [3.05, 3.63) is 0 Å². The van der Waals surface area contributed by atoms with Gasteiger partial charge in [0.1, 0.15) is 0 Å². The second kappa shape index (κ2) is 21.2. The SMILES string of the molecule is CCCCCCCCCCCCCCCCN(C)N(C)CCCCCO. The van der Waals surface area contributed by atoms with Gasteiger partial charge in [-0.1, -0.05) is 90.4 Å². The molecule has 0 atom stereocenters. The summed E-state index contributed by atoms with van der Waals surface area (Å²) in [6.45, 7) is 4.90. The van der Waals surface area contributed by atoms with Crippen molar-refractivity contribution in [2.24, 2.45) is 0 Å². The second-order valence-corrected chi connectivity index (χ2v) is 8.14. The van der Waals surface area contributed by atoms with Gasteiger partial charge in [-0.05, 0) is 25.7 Å². The van der Waals surface area contributed by atoms with Crippen LogP contribution in [0.4, 0.5) is 0 Å². The highest BCUT2D eigenvalue weighted by atomic mass is 16.2. The third-order valence-corrected chi connectivity index (χ3v) is 5.56. The molecule has 0 fully saturated rings. The van der Waals surface area contributed by atoms with E-state index in [1.165, 1.54) is 103 Å². The van der Waals surface area contributed by atoms with Crippen LogP contribution in [-0.4, -0.2) is 48.9 Å². The lowest BCUT2D eigenvalue weighted by Crippen LogP contribution is -2.37. The Morgan fingerprint density at radius 1 is 0.462 bits per heavy atom. The molecular weight excluding hydrogens is 320 g/mol. The number of aliphatic hydroxyl groups excluding tert-OH is 1. The standard InChI is InChI=1S/C23H50N2O/c1-4-5-6-7-8-9-10-11-12-13-14-15-16-18-21-24(2)25(3)22-19-17-20-23-26/h26H,4-23H2,1-3H3. The average Bonchev–Trinajstić information content (AvgIpc) is 2.65. The number of nitrogens with zero attached hydrogens (tertiary/aromatic N) is 2. The van der Waals surface area contributed by atoms with Crippen LogP contribution in [0.2, 0.25) is 0 Å². The maximum absolute atomic E-state index is 8.81. The van der Waals surface area contributed by atoms with E-state index in [1.807, 2.05) is 0 Å². The van der Waals surface area contributed by atoms with Crippen LogP contribution in [0.15, 0.2) is 0 Å². The van der Waals surface area contributed by atoms with Gasteiger partial charge < -0.3 is 5.11 Å². The van der Waals surface area contributed by atoms with Gasteiger partial charge in [-0.2, -0.15) is 0 Å². The van der Waals surface area contributed by atoms with Crippen LogP contribution in [0.3, 0.4) is 0 Å². The number of hydrogen-bond donors (Lipinski definition) is 1. The highest BCUT2D eigenvalue weighted by Gasteiger charge is 2.04. The van der Waals surface area contributed by atoms with Crippen molar-refractivity contribution < 1.29 is 5.11 Å². The molecule has 0 heterocycles. The summed E-state index contributed by atoms with van der Waals surface area (Å²) in [6.07, 6.45) is 23.2. The van der Waals surface area contributed by atoms with Gasteiger partial charge in [-0.3, -0.25) is 0 Å². The van der Waals surface area contributed by atoms with E-state index in [2.05, 4.69) is 31.0 Å². The molecule has 26 heavy (non-hydrogen) atoms. The Kier molecular flexibility index (Phi) is 21.1. The third kappa shape index (κ3) is 18.7. The molecule has 3 nitrogen and oxygen atoms in total. The van der Waals surface area contributed by atoms with Crippen LogP contribution in [0.25, 0.3) is 0 Å². The average molecular weight is 371 g/mol.